The number of hydrogen-bond acceptors (Lipinski definition) is 3. The van der Waals surface area contributed by atoms with E-state index in [9.17, 15) is 30.9 Å². The molecule has 0 saturated carbocycles. The Bertz CT molecular complexity index is 693. The Hall–Kier alpha value is -1.94. The molecular weight excluding hydrogens is 346 g/mol. The number of halogens is 6. The third-order valence-corrected chi connectivity index (χ3v) is 4.11. The Morgan fingerprint density at radius 1 is 1.09 bits per heavy atom. The highest BCUT2D eigenvalue weighted by atomic mass is 32.2. The second-order valence-corrected chi connectivity index (χ2v) is 5.91. The first-order chi connectivity index (χ1) is 10.5. The second kappa shape index (κ2) is 5.93. The van der Waals surface area contributed by atoms with Gasteiger partial charge in [0, 0.05) is 23.3 Å². The quantitative estimate of drug-likeness (QED) is 0.560. The van der Waals surface area contributed by atoms with Crippen LogP contribution < -0.4 is 5.43 Å². The van der Waals surface area contributed by atoms with Crippen LogP contribution in [0, 0.1) is 0 Å². The largest absolute Gasteiger partial charge is 0.606 e. The summed E-state index contributed by atoms with van der Waals surface area (Å²) in [6, 6.07) is 2.24. The lowest BCUT2D eigenvalue weighted by Gasteiger charge is -2.15. The van der Waals surface area contributed by atoms with Crippen LogP contribution in [0.25, 0.3) is 0 Å². The number of anilines is 1. The number of benzene rings is 1. The molecule has 1 aliphatic rings. The summed E-state index contributed by atoms with van der Waals surface area (Å²) in [7, 11) is 0. The molecule has 10 heteroatoms. The van der Waals surface area contributed by atoms with Crippen LogP contribution in [0.1, 0.15) is 5.56 Å². The maximum absolute atomic E-state index is 12.8. The Balaban J connectivity index is 2.54. The van der Waals surface area contributed by atoms with Crippen molar-refractivity contribution in [3.63, 3.8) is 0 Å². The van der Waals surface area contributed by atoms with Crippen LogP contribution in [-0.4, -0.2) is 16.9 Å². The summed E-state index contributed by atoms with van der Waals surface area (Å²) in [6.45, 7) is 3.25. The lowest BCUT2D eigenvalue weighted by Crippen LogP contribution is -2.14. The zero-order chi connectivity index (χ0) is 17.4. The van der Waals surface area contributed by atoms with E-state index in [1.807, 2.05) is 0 Å². The van der Waals surface area contributed by atoms with E-state index < -0.39 is 39.6 Å². The van der Waals surface area contributed by atoms with Gasteiger partial charge < -0.3 is 4.55 Å². The maximum Gasteiger partial charge on any atom is 0.418 e. The number of fused-ring (bicyclic) bond motifs is 1. The van der Waals surface area contributed by atoms with E-state index in [1.165, 1.54) is 0 Å². The average Bonchev–Trinajstić information content (AvgIpc) is 2.48. The van der Waals surface area contributed by atoms with Gasteiger partial charge in [-0.2, -0.15) is 31.4 Å². The standard InChI is InChI=1S/C13H8F6N2OS/c1-7-4-9(13(17,18)19)6-20-21-10-3-2-8(12(14,15)16)5-11(10)23(7)22/h2-6,21H,1H2/b9-4+,20-6-. The molecule has 1 unspecified atom stereocenters. The first kappa shape index (κ1) is 17.4. The molecule has 0 bridgehead atoms. The van der Waals surface area contributed by atoms with Gasteiger partial charge in [0.05, 0.1) is 17.4 Å². The first-order valence-electron chi connectivity index (χ1n) is 5.90. The molecule has 1 heterocycles. The first-order valence-corrected chi connectivity index (χ1v) is 7.05. The molecule has 1 atom stereocenters. The van der Waals surface area contributed by atoms with Gasteiger partial charge in [-0.15, -0.1) is 0 Å². The number of nitrogens with zero attached hydrogens (tertiary/aromatic N) is 1. The zero-order valence-corrected chi connectivity index (χ0v) is 11.9. The average molecular weight is 354 g/mol. The van der Waals surface area contributed by atoms with E-state index in [4.69, 9.17) is 0 Å². The van der Waals surface area contributed by atoms with E-state index in [0.717, 1.165) is 6.07 Å². The zero-order valence-electron chi connectivity index (χ0n) is 11.1. The van der Waals surface area contributed by atoms with Crippen molar-refractivity contribution < 1.29 is 30.9 Å². The van der Waals surface area contributed by atoms with Gasteiger partial charge >= 0.3 is 12.4 Å². The van der Waals surface area contributed by atoms with Crippen LogP contribution in [-0.2, 0) is 17.4 Å². The molecule has 1 aliphatic heterocycles. The molecule has 3 nitrogen and oxygen atoms in total. The lowest BCUT2D eigenvalue weighted by atomic mass is 10.2. The van der Waals surface area contributed by atoms with Crippen molar-refractivity contribution in [3.8, 4) is 0 Å². The number of hydrazone groups is 1. The maximum atomic E-state index is 12.8. The van der Waals surface area contributed by atoms with E-state index in [0.29, 0.717) is 24.4 Å². The van der Waals surface area contributed by atoms with Gasteiger partial charge in [0.15, 0.2) is 9.80 Å². The second-order valence-electron chi connectivity index (χ2n) is 4.41. The molecule has 2 rings (SSSR count). The van der Waals surface area contributed by atoms with Gasteiger partial charge in [0.1, 0.15) is 5.69 Å². The third-order valence-electron chi connectivity index (χ3n) is 2.78. The van der Waals surface area contributed by atoms with E-state index in [2.05, 4.69) is 17.1 Å². The predicted octanol–water partition coefficient (Wildman–Crippen LogP) is 4.23. The summed E-state index contributed by atoms with van der Waals surface area (Å²) in [5, 5.41) is 3.32. The van der Waals surface area contributed by atoms with Crippen LogP contribution in [0.2, 0.25) is 0 Å². The minimum absolute atomic E-state index is 0.106. The van der Waals surface area contributed by atoms with E-state index in [1.54, 1.807) is 0 Å². The minimum atomic E-state index is -4.77. The van der Waals surface area contributed by atoms with Gasteiger partial charge in [-0.25, -0.2) is 0 Å². The van der Waals surface area contributed by atoms with Gasteiger partial charge in [0.2, 0.25) is 0 Å². The molecule has 0 radical (unpaired) electrons. The van der Waals surface area contributed by atoms with Crippen LogP contribution in [0.4, 0.5) is 32.0 Å². The molecule has 1 N–H and O–H groups in total. The van der Waals surface area contributed by atoms with Crippen LogP contribution >= 0.6 is 0 Å². The number of alkyl halides is 6. The van der Waals surface area contributed by atoms with Crippen molar-refractivity contribution in [2.45, 2.75) is 17.2 Å². The Morgan fingerprint density at radius 3 is 2.30 bits per heavy atom. The van der Waals surface area contributed by atoms with Crippen molar-refractivity contribution in [1.82, 2.24) is 0 Å². The third kappa shape index (κ3) is 3.88. The van der Waals surface area contributed by atoms with Gasteiger partial charge in [-0.3, -0.25) is 5.43 Å². The van der Waals surface area contributed by atoms with Crippen LogP contribution in [0.15, 0.2) is 51.3 Å². The highest BCUT2D eigenvalue weighted by molar-refractivity contribution is 7.95. The SMILES string of the molecule is C=C1/C=C(C(F)(F)F)\C=N/Nc2ccc(C(F)(F)F)cc2[S+]1[O-]. The lowest BCUT2D eigenvalue weighted by molar-refractivity contribution is -0.137. The van der Waals surface area contributed by atoms with Gasteiger partial charge in [0.25, 0.3) is 0 Å². The van der Waals surface area contributed by atoms with Crippen molar-refractivity contribution in [2.75, 3.05) is 5.43 Å². The molecule has 23 heavy (non-hydrogen) atoms. The smallest absolute Gasteiger partial charge is 0.418 e. The molecule has 0 amide bonds. The summed E-state index contributed by atoms with van der Waals surface area (Å²) in [6.07, 6.45) is -8.53. The number of rotatable bonds is 0. The number of hydrogen-bond donors (Lipinski definition) is 1. The highest BCUT2D eigenvalue weighted by Crippen LogP contribution is 2.36. The van der Waals surface area contributed by atoms with Crippen molar-refractivity contribution in [1.29, 1.82) is 0 Å². The normalized spacial score (nSPS) is 22.8. The predicted molar refractivity (Wildman–Crippen MR) is 73.2 cm³/mol. The molecule has 0 spiro atoms. The summed E-state index contributed by atoms with van der Waals surface area (Å²) in [4.78, 5) is -0.852. The molecule has 124 valence electrons. The van der Waals surface area contributed by atoms with E-state index >= 15 is 0 Å². The molecule has 0 aromatic heterocycles. The fraction of sp³-hybridized carbons (Fsp3) is 0.154. The summed E-state index contributed by atoms with van der Waals surface area (Å²) in [5.74, 6) is 0. The summed E-state index contributed by atoms with van der Waals surface area (Å²) >= 11 is -2.31. The molecule has 0 saturated heterocycles. The summed E-state index contributed by atoms with van der Waals surface area (Å²) < 4.78 is 88.7. The monoisotopic (exact) mass is 354 g/mol. The summed E-state index contributed by atoms with van der Waals surface area (Å²) in [5.41, 5.74) is -0.253. The number of nitrogens with one attached hydrogen (secondary N) is 1. The minimum Gasteiger partial charge on any atom is -0.606 e. The van der Waals surface area contributed by atoms with Crippen molar-refractivity contribution >= 4 is 23.1 Å². The Labute approximate surface area is 129 Å². The number of allylic oxidation sites excluding steroid dienone is 2. The van der Waals surface area contributed by atoms with Crippen molar-refractivity contribution in [2.24, 2.45) is 5.10 Å². The molecular formula is C13H8F6N2OS. The Morgan fingerprint density at radius 2 is 1.74 bits per heavy atom. The van der Waals surface area contributed by atoms with Gasteiger partial charge in [-0.05, 0) is 18.7 Å². The Kier molecular flexibility index (Phi) is 4.49. The van der Waals surface area contributed by atoms with Crippen LogP contribution in [0.3, 0.4) is 0 Å². The molecule has 1 aromatic carbocycles. The molecule has 1 aromatic rings. The van der Waals surface area contributed by atoms with Crippen molar-refractivity contribution in [3.05, 3.63) is 46.9 Å². The fourth-order valence-electron chi connectivity index (χ4n) is 1.68. The van der Waals surface area contributed by atoms with Gasteiger partial charge in [-0.1, -0.05) is 0 Å². The molecule has 0 aliphatic carbocycles. The topological polar surface area (TPSA) is 47.5 Å². The van der Waals surface area contributed by atoms with Crippen LogP contribution in [0.5, 0.6) is 0 Å². The molecule has 0 fully saturated rings. The highest BCUT2D eigenvalue weighted by Gasteiger charge is 2.36. The van der Waals surface area contributed by atoms with E-state index in [-0.39, 0.29) is 10.6 Å². The fourth-order valence-corrected chi connectivity index (χ4v) is 2.74.